The van der Waals surface area contributed by atoms with E-state index in [0.29, 0.717) is 19.5 Å². The van der Waals surface area contributed by atoms with Crippen molar-refractivity contribution in [3.8, 4) is 0 Å². The Bertz CT molecular complexity index is 428. The first-order valence-corrected chi connectivity index (χ1v) is 7.12. The Hall–Kier alpha value is -1.59. The lowest BCUT2D eigenvalue weighted by Crippen LogP contribution is -2.38. The van der Waals surface area contributed by atoms with Crippen LogP contribution in [0.5, 0.6) is 0 Å². The Balaban J connectivity index is 2.71. The number of amides is 1. The van der Waals surface area contributed by atoms with E-state index in [2.05, 4.69) is 0 Å². The van der Waals surface area contributed by atoms with Crippen molar-refractivity contribution in [3.63, 3.8) is 0 Å². The predicted octanol–water partition coefficient (Wildman–Crippen LogP) is 2.17. The van der Waals surface area contributed by atoms with Gasteiger partial charge in [0.25, 0.3) is 0 Å². The van der Waals surface area contributed by atoms with Crippen molar-refractivity contribution in [2.75, 3.05) is 13.2 Å². The average Bonchev–Trinajstić information content (AvgIpc) is 2.42. The van der Waals surface area contributed by atoms with Gasteiger partial charge in [0, 0.05) is 13.1 Å². The summed E-state index contributed by atoms with van der Waals surface area (Å²) in [4.78, 5) is 13.8. The van der Waals surface area contributed by atoms with E-state index < -0.39 is 17.8 Å². The molecular weight excluding hydrogens is 270 g/mol. The number of aliphatic hydroxyl groups is 2. The van der Waals surface area contributed by atoms with Crippen molar-refractivity contribution < 1.29 is 19.7 Å². The number of rotatable bonds is 6. The highest BCUT2D eigenvalue weighted by Gasteiger charge is 2.22. The molecule has 0 aliphatic heterocycles. The van der Waals surface area contributed by atoms with E-state index in [1.807, 2.05) is 51.1 Å². The molecule has 2 N–H and O–H groups in total. The molecule has 0 aromatic heterocycles. The summed E-state index contributed by atoms with van der Waals surface area (Å²) in [5, 5.41) is 18.3. The molecule has 1 atom stereocenters. The lowest BCUT2D eigenvalue weighted by atomic mass is 10.2. The normalized spacial score (nSPS) is 12.8. The molecule has 0 saturated carbocycles. The van der Waals surface area contributed by atoms with Gasteiger partial charge in [-0.3, -0.25) is 0 Å². The second-order valence-corrected chi connectivity index (χ2v) is 6.01. The summed E-state index contributed by atoms with van der Waals surface area (Å²) in [7, 11) is 0. The first-order valence-electron chi connectivity index (χ1n) is 7.12. The molecule has 0 aliphatic carbocycles. The minimum atomic E-state index is -0.828. The third-order valence-electron chi connectivity index (χ3n) is 2.81. The Kier molecular flexibility index (Phi) is 6.65. The van der Waals surface area contributed by atoms with Crippen LogP contribution in [0.15, 0.2) is 30.3 Å². The highest BCUT2D eigenvalue weighted by Crippen LogP contribution is 2.13. The Morgan fingerprint density at radius 3 is 2.43 bits per heavy atom. The molecule has 1 aromatic carbocycles. The highest BCUT2D eigenvalue weighted by molar-refractivity contribution is 5.68. The van der Waals surface area contributed by atoms with Crippen LogP contribution in [0, 0.1) is 0 Å². The molecule has 0 bridgehead atoms. The fourth-order valence-corrected chi connectivity index (χ4v) is 1.76. The zero-order valence-electron chi connectivity index (χ0n) is 13.0. The van der Waals surface area contributed by atoms with E-state index >= 15 is 0 Å². The summed E-state index contributed by atoms with van der Waals surface area (Å²) < 4.78 is 5.38. The SMILES string of the molecule is CC(C)(C)OC(=O)N(CCC(O)CO)Cc1ccccc1. The number of ether oxygens (including phenoxy) is 1. The molecule has 0 aliphatic rings. The number of nitrogens with zero attached hydrogens (tertiary/aromatic N) is 1. The molecule has 1 amide bonds. The van der Waals surface area contributed by atoms with Crippen molar-refractivity contribution in [1.82, 2.24) is 4.90 Å². The molecule has 0 radical (unpaired) electrons. The smallest absolute Gasteiger partial charge is 0.410 e. The van der Waals surface area contributed by atoms with Crippen LogP contribution in [0.3, 0.4) is 0 Å². The van der Waals surface area contributed by atoms with E-state index in [0.717, 1.165) is 5.56 Å². The summed E-state index contributed by atoms with van der Waals surface area (Å²) in [6.07, 6.45) is -0.940. The largest absolute Gasteiger partial charge is 0.444 e. The molecule has 0 fully saturated rings. The molecule has 5 heteroatoms. The third kappa shape index (κ3) is 7.11. The van der Waals surface area contributed by atoms with Gasteiger partial charge < -0.3 is 19.8 Å². The zero-order valence-corrected chi connectivity index (χ0v) is 13.0. The molecule has 21 heavy (non-hydrogen) atoms. The van der Waals surface area contributed by atoms with Crippen LogP contribution in [-0.2, 0) is 11.3 Å². The van der Waals surface area contributed by atoms with Crippen molar-refractivity contribution in [3.05, 3.63) is 35.9 Å². The van der Waals surface area contributed by atoms with E-state index in [-0.39, 0.29) is 6.61 Å². The maximum atomic E-state index is 12.2. The molecule has 118 valence electrons. The first-order chi connectivity index (χ1) is 9.81. The third-order valence-corrected chi connectivity index (χ3v) is 2.81. The van der Waals surface area contributed by atoms with Crippen LogP contribution in [-0.4, -0.2) is 46.1 Å². The van der Waals surface area contributed by atoms with Crippen molar-refractivity contribution >= 4 is 6.09 Å². The number of benzene rings is 1. The summed E-state index contributed by atoms with van der Waals surface area (Å²) in [5.41, 5.74) is 0.420. The summed E-state index contributed by atoms with van der Waals surface area (Å²) in [6, 6.07) is 9.59. The van der Waals surface area contributed by atoms with Gasteiger partial charge in [-0.25, -0.2) is 4.79 Å². The lowest BCUT2D eigenvalue weighted by molar-refractivity contribution is 0.0177. The number of aliphatic hydroxyl groups excluding tert-OH is 2. The fourth-order valence-electron chi connectivity index (χ4n) is 1.76. The number of hydrogen-bond acceptors (Lipinski definition) is 4. The number of carbonyl (C=O) groups is 1. The van der Waals surface area contributed by atoms with Crippen LogP contribution < -0.4 is 0 Å². The first kappa shape index (κ1) is 17.5. The van der Waals surface area contributed by atoms with Gasteiger partial charge in [0.05, 0.1) is 12.7 Å². The van der Waals surface area contributed by atoms with Gasteiger partial charge in [0.2, 0.25) is 0 Å². The number of carbonyl (C=O) groups excluding carboxylic acids is 1. The average molecular weight is 295 g/mol. The second kappa shape index (κ2) is 8.00. The predicted molar refractivity (Wildman–Crippen MR) is 80.8 cm³/mol. The highest BCUT2D eigenvalue weighted by atomic mass is 16.6. The maximum absolute atomic E-state index is 12.2. The summed E-state index contributed by atoms with van der Waals surface area (Å²) >= 11 is 0. The molecular formula is C16H25NO4. The Labute approximate surface area is 126 Å². The van der Waals surface area contributed by atoms with Gasteiger partial charge in [-0.1, -0.05) is 30.3 Å². The van der Waals surface area contributed by atoms with Gasteiger partial charge in [-0.05, 0) is 32.8 Å². The van der Waals surface area contributed by atoms with Crippen molar-refractivity contribution in [1.29, 1.82) is 0 Å². The van der Waals surface area contributed by atoms with Crippen LogP contribution in [0.1, 0.15) is 32.8 Å². The molecule has 0 spiro atoms. The van der Waals surface area contributed by atoms with E-state index in [9.17, 15) is 9.90 Å². The van der Waals surface area contributed by atoms with Gasteiger partial charge in [0.15, 0.2) is 0 Å². The lowest BCUT2D eigenvalue weighted by Gasteiger charge is -2.28. The standard InChI is InChI=1S/C16H25NO4/c1-16(2,3)21-15(20)17(10-9-14(19)12-18)11-13-7-5-4-6-8-13/h4-8,14,18-19H,9-12H2,1-3H3. The summed E-state index contributed by atoms with van der Waals surface area (Å²) in [6.45, 7) is 5.86. The topological polar surface area (TPSA) is 70.0 Å². The fraction of sp³-hybridized carbons (Fsp3) is 0.562. The Morgan fingerprint density at radius 2 is 1.90 bits per heavy atom. The molecule has 1 rings (SSSR count). The molecule has 1 aromatic rings. The van der Waals surface area contributed by atoms with E-state index in [1.165, 1.54) is 0 Å². The second-order valence-electron chi connectivity index (χ2n) is 6.01. The monoisotopic (exact) mass is 295 g/mol. The Morgan fingerprint density at radius 1 is 1.29 bits per heavy atom. The molecule has 0 heterocycles. The quantitative estimate of drug-likeness (QED) is 0.844. The molecule has 5 nitrogen and oxygen atoms in total. The maximum Gasteiger partial charge on any atom is 0.410 e. The molecule has 1 unspecified atom stereocenters. The van der Waals surface area contributed by atoms with Gasteiger partial charge >= 0.3 is 6.09 Å². The van der Waals surface area contributed by atoms with Gasteiger partial charge in [-0.15, -0.1) is 0 Å². The van der Waals surface area contributed by atoms with Crippen LogP contribution in [0.25, 0.3) is 0 Å². The van der Waals surface area contributed by atoms with Crippen molar-refractivity contribution in [2.45, 2.75) is 45.4 Å². The summed E-state index contributed by atoms with van der Waals surface area (Å²) in [5.74, 6) is 0. The number of hydrogen-bond donors (Lipinski definition) is 2. The van der Waals surface area contributed by atoms with Gasteiger partial charge in [0.1, 0.15) is 5.60 Å². The minimum absolute atomic E-state index is 0.308. The van der Waals surface area contributed by atoms with Crippen molar-refractivity contribution in [2.24, 2.45) is 0 Å². The minimum Gasteiger partial charge on any atom is -0.444 e. The van der Waals surface area contributed by atoms with Crippen LogP contribution in [0.4, 0.5) is 4.79 Å². The van der Waals surface area contributed by atoms with E-state index in [4.69, 9.17) is 9.84 Å². The van der Waals surface area contributed by atoms with Gasteiger partial charge in [-0.2, -0.15) is 0 Å². The van der Waals surface area contributed by atoms with Crippen LogP contribution >= 0.6 is 0 Å². The van der Waals surface area contributed by atoms with E-state index in [1.54, 1.807) is 4.90 Å². The van der Waals surface area contributed by atoms with Crippen LogP contribution in [0.2, 0.25) is 0 Å². The zero-order chi connectivity index (χ0) is 15.9. The molecule has 0 saturated heterocycles.